The average Bonchev–Trinajstić information content (AvgIpc) is 3.04. The van der Waals surface area contributed by atoms with Crippen molar-refractivity contribution in [1.82, 2.24) is 10.2 Å². The zero-order valence-corrected chi connectivity index (χ0v) is 14.4. The number of sulfone groups is 1. The molecule has 1 unspecified atom stereocenters. The van der Waals surface area contributed by atoms with Gasteiger partial charge in [-0.15, -0.1) is 0 Å². The number of hydrogen-bond donors (Lipinski definition) is 1. The van der Waals surface area contributed by atoms with E-state index >= 15 is 0 Å². The molecule has 0 aliphatic carbocycles. The van der Waals surface area contributed by atoms with Crippen LogP contribution in [0.1, 0.15) is 19.3 Å². The molecule has 1 N–H and O–H groups in total. The summed E-state index contributed by atoms with van der Waals surface area (Å²) in [5, 5.41) is 3.20. The number of nitrogens with one attached hydrogen (secondary N) is 1. The number of ether oxygens (including phenoxy) is 1. The van der Waals surface area contributed by atoms with Gasteiger partial charge < -0.3 is 15.0 Å². The average molecular weight is 340 g/mol. The van der Waals surface area contributed by atoms with Crippen molar-refractivity contribution in [2.75, 3.05) is 33.0 Å². The number of nitrogens with zero attached hydrogens (tertiary/aromatic N) is 1. The normalized spacial score (nSPS) is 17.9. The van der Waals surface area contributed by atoms with Crippen LogP contribution in [0.5, 0.6) is 5.75 Å². The SMILES string of the molecule is CN(CCCOc1ccc(S(C)(=O)=O)cc1)C(=O)C1CCCN1. The minimum Gasteiger partial charge on any atom is -0.494 e. The first kappa shape index (κ1) is 17.7. The minimum absolute atomic E-state index is 0.0375. The van der Waals surface area contributed by atoms with Gasteiger partial charge in [0.2, 0.25) is 5.91 Å². The lowest BCUT2D eigenvalue weighted by molar-refractivity contribution is -0.131. The van der Waals surface area contributed by atoms with Gasteiger partial charge in [-0.2, -0.15) is 0 Å². The molecule has 0 bridgehead atoms. The Balaban J connectivity index is 1.71. The van der Waals surface area contributed by atoms with E-state index < -0.39 is 9.84 Å². The van der Waals surface area contributed by atoms with Crippen LogP contribution in [0.25, 0.3) is 0 Å². The van der Waals surface area contributed by atoms with Gasteiger partial charge in [0.05, 0.1) is 17.5 Å². The van der Waals surface area contributed by atoms with Gasteiger partial charge in [0, 0.05) is 19.8 Å². The number of carbonyl (C=O) groups is 1. The third kappa shape index (κ3) is 5.21. The van der Waals surface area contributed by atoms with Crippen molar-refractivity contribution in [3.05, 3.63) is 24.3 Å². The molecule has 2 rings (SSSR count). The number of benzene rings is 1. The molecule has 1 saturated heterocycles. The van der Waals surface area contributed by atoms with Crippen LogP contribution >= 0.6 is 0 Å². The maximum Gasteiger partial charge on any atom is 0.239 e. The Morgan fingerprint density at radius 3 is 2.61 bits per heavy atom. The Hall–Kier alpha value is -1.60. The predicted molar refractivity (Wildman–Crippen MR) is 88.3 cm³/mol. The Kier molecular flexibility index (Phi) is 6.01. The van der Waals surface area contributed by atoms with Gasteiger partial charge in [-0.3, -0.25) is 4.79 Å². The second-order valence-electron chi connectivity index (χ2n) is 5.85. The monoisotopic (exact) mass is 340 g/mol. The van der Waals surface area contributed by atoms with E-state index in [2.05, 4.69) is 5.32 Å². The molecule has 128 valence electrons. The maximum atomic E-state index is 12.1. The summed E-state index contributed by atoms with van der Waals surface area (Å²) in [5.74, 6) is 0.767. The van der Waals surface area contributed by atoms with E-state index in [1.165, 1.54) is 18.4 Å². The van der Waals surface area contributed by atoms with E-state index in [1.54, 1.807) is 17.0 Å². The van der Waals surface area contributed by atoms with Crippen molar-refractivity contribution in [1.29, 1.82) is 0 Å². The molecular weight excluding hydrogens is 316 g/mol. The van der Waals surface area contributed by atoms with E-state index in [0.717, 1.165) is 25.8 Å². The maximum absolute atomic E-state index is 12.1. The number of rotatable bonds is 7. The molecule has 1 atom stereocenters. The molecular formula is C16H24N2O4S. The van der Waals surface area contributed by atoms with Crippen molar-refractivity contribution in [3.63, 3.8) is 0 Å². The summed E-state index contributed by atoms with van der Waals surface area (Å²) in [6.07, 6.45) is 3.86. The number of likely N-dealkylation sites (N-methyl/N-ethyl adjacent to an activating group) is 1. The van der Waals surface area contributed by atoms with Crippen molar-refractivity contribution in [2.24, 2.45) is 0 Å². The van der Waals surface area contributed by atoms with Gasteiger partial charge in [-0.05, 0) is 50.1 Å². The molecule has 0 aromatic heterocycles. The molecule has 1 fully saturated rings. The largest absolute Gasteiger partial charge is 0.494 e. The number of hydrogen-bond acceptors (Lipinski definition) is 5. The van der Waals surface area contributed by atoms with Gasteiger partial charge in [0.15, 0.2) is 9.84 Å². The molecule has 1 aliphatic heterocycles. The molecule has 0 spiro atoms. The first-order valence-electron chi connectivity index (χ1n) is 7.79. The van der Waals surface area contributed by atoms with E-state index in [4.69, 9.17) is 4.74 Å². The van der Waals surface area contributed by atoms with Crippen molar-refractivity contribution in [3.8, 4) is 5.75 Å². The van der Waals surface area contributed by atoms with Crippen LogP contribution in [0.3, 0.4) is 0 Å². The first-order chi connectivity index (χ1) is 10.9. The van der Waals surface area contributed by atoms with Crippen molar-refractivity contribution < 1.29 is 17.9 Å². The number of amides is 1. The quantitative estimate of drug-likeness (QED) is 0.752. The summed E-state index contributed by atoms with van der Waals surface area (Å²) in [7, 11) is -1.37. The van der Waals surface area contributed by atoms with Crippen LogP contribution in [0.2, 0.25) is 0 Å². The Morgan fingerprint density at radius 1 is 1.35 bits per heavy atom. The van der Waals surface area contributed by atoms with Crippen molar-refractivity contribution in [2.45, 2.75) is 30.2 Å². The Morgan fingerprint density at radius 2 is 2.04 bits per heavy atom. The van der Waals surface area contributed by atoms with Crippen LogP contribution in [-0.4, -0.2) is 58.3 Å². The van der Waals surface area contributed by atoms with Crippen LogP contribution in [0.4, 0.5) is 0 Å². The highest BCUT2D eigenvalue weighted by atomic mass is 32.2. The topological polar surface area (TPSA) is 75.7 Å². The zero-order valence-electron chi connectivity index (χ0n) is 13.6. The smallest absolute Gasteiger partial charge is 0.239 e. The Labute approximate surface area is 137 Å². The molecule has 6 nitrogen and oxygen atoms in total. The minimum atomic E-state index is -3.18. The van der Waals surface area contributed by atoms with Gasteiger partial charge >= 0.3 is 0 Å². The van der Waals surface area contributed by atoms with E-state index in [-0.39, 0.29) is 16.8 Å². The molecule has 0 saturated carbocycles. The van der Waals surface area contributed by atoms with Gasteiger partial charge in [0.25, 0.3) is 0 Å². The highest BCUT2D eigenvalue weighted by Gasteiger charge is 2.24. The van der Waals surface area contributed by atoms with Crippen LogP contribution < -0.4 is 10.1 Å². The lowest BCUT2D eigenvalue weighted by atomic mass is 10.2. The lowest BCUT2D eigenvalue weighted by Crippen LogP contribution is -2.42. The standard InChI is InChI=1S/C16H24N2O4S/c1-18(16(19)15-5-3-10-17-15)11-4-12-22-13-6-8-14(9-7-13)23(2,20)21/h6-9,15,17H,3-5,10-12H2,1-2H3. The molecule has 7 heteroatoms. The third-order valence-corrected chi connectivity index (χ3v) is 5.02. The molecule has 1 amide bonds. The molecule has 0 radical (unpaired) electrons. The summed E-state index contributed by atoms with van der Waals surface area (Å²) in [6, 6.07) is 6.32. The van der Waals surface area contributed by atoms with E-state index in [9.17, 15) is 13.2 Å². The molecule has 23 heavy (non-hydrogen) atoms. The van der Waals surface area contributed by atoms with Gasteiger partial charge in [0.1, 0.15) is 5.75 Å². The summed E-state index contributed by atoms with van der Waals surface area (Å²) in [4.78, 5) is 14.1. The van der Waals surface area contributed by atoms with Gasteiger partial charge in [-0.1, -0.05) is 0 Å². The lowest BCUT2D eigenvalue weighted by Gasteiger charge is -2.21. The third-order valence-electron chi connectivity index (χ3n) is 3.89. The van der Waals surface area contributed by atoms with E-state index in [1.807, 2.05) is 7.05 Å². The number of carbonyl (C=O) groups excluding carboxylic acids is 1. The molecule has 1 heterocycles. The summed E-state index contributed by atoms with van der Waals surface area (Å²) >= 11 is 0. The first-order valence-corrected chi connectivity index (χ1v) is 9.68. The fourth-order valence-electron chi connectivity index (χ4n) is 2.55. The van der Waals surface area contributed by atoms with Crippen LogP contribution in [0.15, 0.2) is 29.2 Å². The Bertz CT molecular complexity index is 622. The second kappa shape index (κ2) is 7.79. The summed E-state index contributed by atoms with van der Waals surface area (Å²) in [5.41, 5.74) is 0. The fraction of sp³-hybridized carbons (Fsp3) is 0.562. The van der Waals surface area contributed by atoms with E-state index in [0.29, 0.717) is 18.9 Å². The fourth-order valence-corrected chi connectivity index (χ4v) is 3.18. The molecule has 1 aromatic rings. The molecule has 1 aliphatic rings. The summed E-state index contributed by atoms with van der Waals surface area (Å²) in [6.45, 7) is 2.03. The van der Waals surface area contributed by atoms with Crippen molar-refractivity contribution >= 4 is 15.7 Å². The van der Waals surface area contributed by atoms with Crippen LogP contribution in [-0.2, 0) is 14.6 Å². The van der Waals surface area contributed by atoms with Crippen LogP contribution in [0, 0.1) is 0 Å². The molecule has 1 aromatic carbocycles. The summed E-state index contributed by atoms with van der Waals surface area (Å²) < 4.78 is 28.3. The predicted octanol–water partition coefficient (Wildman–Crippen LogP) is 1.07. The highest BCUT2D eigenvalue weighted by Crippen LogP contribution is 2.16. The second-order valence-corrected chi connectivity index (χ2v) is 7.87. The highest BCUT2D eigenvalue weighted by molar-refractivity contribution is 7.90. The van der Waals surface area contributed by atoms with Gasteiger partial charge in [-0.25, -0.2) is 8.42 Å². The zero-order chi connectivity index (χ0) is 16.9.